The molecule has 1 aliphatic heterocycles. The fraction of sp³-hybridized carbons (Fsp3) is 0.235. The van der Waals surface area contributed by atoms with E-state index in [1.165, 1.54) is 33.5 Å². The number of hydrogen-bond donors (Lipinski definition) is 0. The first-order valence-corrected chi connectivity index (χ1v) is 10.9. The third kappa shape index (κ3) is 3.26. The van der Waals surface area contributed by atoms with Gasteiger partial charge in [-0.2, -0.15) is 13.1 Å². The molecule has 0 spiro atoms. The third-order valence-corrected chi connectivity index (χ3v) is 7.36. The summed E-state index contributed by atoms with van der Waals surface area (Å²) in [5.74, 6) is -1.25. The van der Waals surface area contributed by atoms with Crippen molar-refractivity contribution in [2.75, 3.05) is 26.2 Å². The van der Waals surface area contributed by atoms with Crippen LogP contribution in [0.5, 0.6) is 0 Å². The molecule has 2 aromatic carbocycles. The SMILES string of the molecule is O=C(c1c(F)cccc1Cl)N1CCN(S(=O)(=O)c2cccc3nsnc23)CC1. The quantitative estimate of drug-likeness (QED) is 0.625. The highest BCUT2D eigenvalue weighted by Crippen LogP contribution is 2.26. The largest absolute Gasteiger partial charge is 0.336 e. The number of carbonyl (C=O) groups is 1. The van der Waals surface area contributed by atoms with Crippen LogP contribution >= 0.6 is 23.3 Å². The maximum atomic E-state index is 14.0. The van der Waals surface area contributed by atoms with Gasteiger partial charge in [-0.3, -0.25) is 4.79 Å². The molecule has 11 heteroatoms. The zero-order valence-corrected chi connectivity index (χ0v) is 16.8. The second-order valence-electron chi connectivity index (χ2n) is 6.18. The maximum absolute atomic E-state index is 14.0. The monoisotopic (exact) mass is 440 g/mol. The molecule has 3 aromatic rings. The minimum Gasteiger partial charge on any atom is -0.336 e. The van der Waals surface area contributed by atoms with E-state index in [-0.39, 0.29) is 41.7 Å². The van der Waals surface area contributed by atoms with Crippen molar-refractivity contribution < 1.29 is 17.6 Å². The highest BCUT2D eigenvalue weighted by molar-refractivity contribution is 7.89. The smallest absolute Gasteiger partial charge is 0.258 e. The van der Waals surface area contributed by atoms with Crippen molar-refractivity contribution in [3.8, 4) is 0 Å². The van der Waals surface area contributed by atoms with Gasteiger partial charge in [0.15, 0.2) is 0 Å². The Hall–Kier alpha value is -2.14. The fourth-order valence-electron chi connectivity index (χ4n) is 3.12. The van der Waals surface area contributed by atoms with E-state index in [9.17, 15) is 17.6 Å². The molecule has 7 nitrogen and oxygen atoms in total. The molecule has 1 amide bonds. The highest BCUT2D eigenvalue weighted by Gasteiger charge is 2.33. The van der Waals surface area contributed by atoms with Crippen LogP contribution in [0.25, 0.3) is 11.0 Å². The van der Waals surface area contributed by atoms with Gasteiger partial charge in [-0.25, -0.2) is 12.8 Å². The standard InChI is InChI=1S/C17H14ClFN4O3S2/c18-11-3-1-4-12(19)15(11)17(24)22-7-9-23(10-8-22)28(25,26)14-6-2-5-13-16(14)21-27-20-13/h1-6H,7-10H2. The van der Waals surface area contributed by atoms with Gasteiger partial charge in [0.1, 0.15) is 21.7 Å². The predicted octanol–water partition coefficient (Wildman–Crippen LogP) is 2.63. The molecule has 0 N–H and O–H groups in total. The van der Waals surface area contributed by atoms with Crippen LogP contribution < -0.4 is 0 Å². The molecule has 4 rings (SSSR count). The Morgan fingerprint density at radius 1 is 1.07 bits per heavy atom. The van der Waals surface area contributed by atoms with Gasteiger partial charge in [0, 0.05) is 26.2 Å². The summed E-state index contributed by atoms with van der Waals surface area (Å²) in [4.78, 5) is 14.1. The number of benzene rings is 2. The van der Waals surface area contributed by atoms with Crippen molar-refractivity contribution in [3.63, 3.8) is 0 Å². The first-order valence-electron chi connectivity index (χ1n) is 8.34. The molecule has 0 unspecified atom stereocenters. The average Bonchev–Trinajstić information content (AvgIpc) is 3.16. The molecule has 0 saturated carbocycles. The summed E-state index contributed by atoms with van der Waals surface area (Å²) in [6.45, 7) is 0.449. The highest BCUT2D eigenvalue weighted by atomic mass is 35.5. The molecule has 0 radical (unpaired) electrons. The zero-order chi connectivity index (χ0) is 19.9. The van der Waals surface area contributed by atoms with E-state index in [4.69, 9.17) is 11.6 Å². The molecule has 28 heavy (non-hydrogen) atoms. The normalized spacial score (nSPS) is 15.9. The van der Waals surface area contributed by atoms with E-state index in [1.54, 1.807) is 12.1 Å². The van der Waals surface area contributed by atoms with Gasteiger partial charge in [-0.15, -0.1) is 0 Å². The number of nitrogens with zero attached hydrogens (tertiary/aromatic N) is 4. The lowest BCUT2D eigenvalue weighted by molar-refractivity contribution is 0.0693. The number of sulfonamides is 1. The fourth-order valence-corrected chi connectivity index (χ4v) is 5.54. The van der Waals surface area contributed by atoms with Crippen LogP contribution in [0.15, 0.2) is 41.3 Å². The molecule has 1 aromatic heterocycles. The van der Waals surface area contributed by atoms with Crippen LogP contribution in [0.3, 0.4) is 0 Å². The molecule has 1 saturated heterocycles. The van der Waals surface area contributed by atoms with Gasteiger partial charge in [0.05, 0.1) is 22.3 Å². The summed E-state index contributed by atoms with van der Waals surface area (Å²) in [5.41, 5.74) is 0.664. The first-order chi connectivity index (χ1) is 13.4. The maximum Gasteiger partial charge on any atom is 0.258 e. The van der Waals surface area contributed by atoms with Crippen molar-refractivity contribution in [1.29, 1.82) is 0 Å². The Balaban J connectivity index is 1.54. The molecule has 2 heterocycles. The van der Waals surface area contributed by atoms with E-state index >= 15 is 0 Å². The number of piperazine rings is 1. The first kappa shape index (κ1) is 19.2. The van der Waals surface area contributed by atoms with Gasteiger partial charge in [-0.1, -0.05) is 23.7 Å². The summed E-state index contributed by atoms with van der Waals surface area (Å²) >= 11 is 6.91. The molecule has 146 valence electrons. The number of amides is 1. The molecule has 0 atom stereocenters. The number of fused-ring (bicyclic) bond motifs is 1. The Bertz CT molecular complexity index is 1140. The minimum atomic E-state index is -3.79. The van der Waals surface area contributed by atoms with Crippen molar-refractivity contribution in [1.82, 2.24) is 18.0 Å². The minimum absolute atomic E-state index is 0.0303. The zero-order valence-electron chi connectivity index (χ0n) is 14.4. The molecule has 0 bridgehead atoms. The van der Waals surface area contributed by atoms with E-state index in [2.05, 4.69) is 8.75 Å². The molecular weight excluding hydrogens is 427 g/mol. The summed E-state index contributed by atoms with van der Waals surface area (Å²) in [6.07, 6.45) is 0. The second kappa shape index (κ2) is 7.36. The number of rotatable bonds is 3. The van der Waals surface area contributed by atoms with E-state index in [0.717, 1.165) is 11.7 Å². The van der Waals surface area contributed by atoms with Crippen LogP contribution in [0, 0.1) is 5.82 Å². The Kier molecular flexibility index (Phi) is 5.04. The van der Waals surface area contributed by atoms with Gasteiger partial charge in [-0.05, 0) is 24.3 Å². The average molecular weight is 441 g/mol. The Morgan fingerprint density at radius 2 is 1.79 bits per heavy atom. The van der Waals surface area contributed by atoms with Crippen molar-refractivity contribution >= 4 is 50.3 Å². The lowest BCUT2D eigenvalue weighted by Crippen LogP contribution is -2.50. The van der Waals surface area contributed by atoms with Gasteiger partial charge >= 0.3 is 0 Å². The molecule has 1 fully saturated rings. The predicted molar refractivity (Wildman–Crippen MR) is 103 cm³/mol. The molecule has 0 aliphatic carbocycles. The van der Waals surface area contributed by atoms with Gasteiger partial charge in [0.25, 0.3) is 5.91 Å². The Morgan fingerprint density at radius 3 is 2.50 bits per heavy atom. The topological polar surface area (TPSA) is 83.5 Å². The summed E-state index contributed by atoms with van der Waals surface area (Å²) in [5, 5.41) is 0.0303. The molecular formula is C17H14ClFN4O3S2. The second-order valence-corrected chi connectivity index (χ2v) is 9.02. The summed E-state index contributed by atoms with van der Waals surface area (Å²) in [6, 6.07) is 8.86. The number of hydrogen-bond acceptors (Lipinski definition) is 6. The van der Waals surface area contributed by atoms with Gasteiger partial charge < -0.3 is 4.90 Å². The number of carbonyl (C=O) groups excluding carboxylic acids is 1. The summed E-state index contributed by atoms with van der Waals surface area (Å²) in [7, 11) is -3.79. The van der Waals surface area contributed by atoms with Crippen LogP contribution in [0.2, 0.25) is 5.02 Å². The van der Waals surface area contributed by atoms with Crippen LogP contribution in [-0.2, 0) is 10.0 Å². The van der Waals surface area contributed by atoms with Gasteiger partial charge in [0.2, 0.25) is 10.0 Å². The summed E-state index contributed by atoms with van der Waals surface area (Å²) < 4.78 is 49.5. The van der Waals surface area contributed by atoms with Crippen LogP contribution in [-0.4, -0.2) is 58.5 Å². The number of halogens is 2. The third-order valence-electron chi connectivity index (χ3n) is 4.57. The van der Waals surface area contributed by atoms with Crippen molar-refractivity contribution in [2.45, 2.75) is 4.90 Å². The van der Waals surface area contributed by atoms with Crippen molar-refractivity contribution in [3.05, 3.63) is 52.8 Å². The number of aromatic nitrogens is 2. The van der Waals surface area contributed by atoms with E-state index in [1.807, 2.05) is 0 Å². The van der Waals surface area contributed by atoms with Crippen LogP contribution in [0.4, 0.5) is 4.39 Å². The lowest BCUT2D eigenvalue weighted by atomic mass is 10.1. The molecule has 1 aliphatic rings. The van der Waals surface area contributed by atoms with E-state index in [0.29, 0.717) is 11.0 Å². The van der Waals surface area contributed by atoms with Crippen molar-refractivity contribution in [2.24, 2.45) is 0 Å². The van der Waals surface area contributed by atoms with Crippen LogP contribution in [0.1, 0.15) is 10.4 Å². The Labute approximate surface area is 169 Å². The lowest BCUT2D eigenvalue weighted by Gasteiger charge is -2.34. The van der Waals surface area contributed by atoms with E-state index < -0.39 is 21.7 Å².